The zero-order chi connectivity index (χ0) is 17.6. The van der Waals surface area contributed by atoms with Gasteiger partial charge in [0.05, 0.1) is 5.92 Å². The van der Waals surface area contributed by atoms with Gasteiger partial charge in [0.2, 0.25) is 11.9 Å². The van der Waals surface area contributed by atoms with E-state index in [1.807, 2.05) is 13.0 Å². The van der Waals surface area contributed by atoms with Gasteiger partial charge < -0.3 is 10.2 Å². The largest absolute Gasteiger partial charge is 0.355 e. The van der Waals surface area contributed by atoms with Crippen LogP contribution in [0, 0.1) is 19.8 Å². The molecule has 2 heterocycles. The fourth-order valence-electron chi connectivity index (χ4n) is 3.19. The van der Waals surface area contributed by atoms with Crippen LogP contribution in [0.1, 0.15) is 29.7 Å². The molecule has 25 heavy (non-hydrogen) atoms. The van der Waals surface area contributed by atoms with Crippen molar-refractivity contribution in [2.45, 2.75) is 33.1 Å². The predicted molar refractivity (Wildman–Crippen MR) is 99.6 cm³/mol. The Kier molecular flexibility index (Phi) is 5.64. The van der Waals surface area contributed by atoms with Crippen LogP contribution in [0.3, 0.4) is 0 Å². The standard InChI is InChI=1S/C20H26N4O/c1-15-5-7-17(8-6-15)10-12-21-19(25)18-4-3-13-24(14-18)20-22-11-9-16(2)23-20/h5-9,11,18H,3-4,10,12-14H2,1-2H3,(H,21,25)/t18-/m1/s1. The zero-order valence-electron chi connectivity index (χ0n) is 15.0. The molecule has 0 spiro atoms. The number of piperidine rings is 1. The molecular weight excluding hydrogens is 312 g/mol. The number of anilines is 1. The average molecular weight is 338 g/mol. The topological polar surface area (TPSA) is 58.1 Å². The van der Waals surface area contributed by atoms with Gasteiger partial charge in [-0.25, -0.2) is 9.97 Å². The number of amides is 1. The van der Waals surface area contributed by atoms with E-state index in [2.05, 4.69) is 51.4 Å². The maximum absolute atomic E-state index is 12.5. The number of nitrogens with zero attached hydrogens (tertiary/aromatic N) is 3. The highest BCUT2D eigenvalue weighted by Gasteiger charge is 2.26. The first kappa shape index (κ1) is 17.4. The fourth-order valence-corrected chi connectivity index (χ4v) is 3.19. The Labute approximate surface area is 149 Å². The number of nitrogens with one attached hydrogen (secondary N) is 1. The van der Waals surface area contributed by atoms with Gasteiger partial charge in [-0.15, -0.1) is 0 Å². The summed E-state index contributed by atoms with van der Waals surface area (Å²) >= 11 is 0. The van der Waals surface area contributed by atoms with Crippen molar-refractivity contribution in [2.24, 2.45) is 5.92 Å². The number of hydrogen-bond acceptors (Lipinski definition) is 4. The maximum atomic E-state index is 12.5. The van der Waals surface area contributed by atoms with E-state index < -0.39 is 0 Å². The van der Waals surface area contributed by atoms with Crippen LogP contribution in [0.4, 0.5) is 5.95 Å². The Balaban J connectivity index is 1.50. The molecule has 1 aliphatic rings. The van der Waals surface area contributed by atoms with Crippen LogP contribution in [-0.4, -0.2) is 35.5 Å². The van der Waals surface area contributed by atoms with Crippen LogP contribution in [0.5, 0.6) is 0 Å². The predicted octanol–water partition coefficient (Wildman–Crippen LogP) is 2.67. The first-order chi connectivity index (χ1) is 12.1. The Hall–Kier alpha value is -2.43. The molecule has 5 nitrogen and oxygen atoms in total. The molecule has 0 aliphatic carbocycles. The minimum atomic E-state index is 0.0101. The van der Waals surface area contributed by atoms with Crippen LogP contribution >= 0.6 is 0 Å². The molecule has 0 radical (unpaired) electrons. The summed E-state index contributed by atoms with van der Waals surface area (Å²) in [5.74, 6) is 0.887. The third-order valence-corrected chi connectivity index (χ3v) is 4.69. The molecule has 2 aromatic rings. The van der Waals surface area contributed by atoms with Gasteiger partial charge in [-0.3, -0.25) is 4.79 Å². The summed E-state index contributed by atoms with van der Waals surface area (Å²) in [6.45, 7) is 6.33. The SMILES string of the molecule is Cc1ccc(CCNC(=O)[C@@H]2CCCN(c3nccc(C)n3)C2)cc1. The van der Waals surface area contributed by atoms with Crippen molar-refractivity contribution in [1.82, 2.24) is 15.3 Å². The molecule has 1 aliphatic heterocycles. The van der Waals surface area contributed by atoms with Gasteiger partial charge in [0.15, 0.2) is 0 Å². The molecule has 1 fully saturated rings. The third-order valence-electron chi connectivity index (χ3n) is 4.69. The Morgan fingerprint density at radius 2 is 2.04 bits per heavy atom. The number of benzene rings is 1. The summed E-state index contributed by atoms with van der Waals surface area (Å²) in [6.07, 6.45) is 4.57. The van der Waals surface area contributed by atoms with Crippen LogP contribution in [0.2, 0.25) is 0 Å². The third kappa shape index (κ3) is 4.78. The van der Waals surface area contributed by atoms with Gasteiger partial charge in [0.1, 0.15) is 0 Å². The van der Waals surface area contributed by atoms with Gasteiger partial charge in [-0.2, -0.15) is 0 Å². The molecule has 1 atom stereocenters. The van der Waals surface area contributed by atoms with E-state index in [0.717, 1.165) is 37.4 Å². The average Bonchev–Trinajstić information content (AvgIpc) is 2.63. The number of rotatable bonds is 5. The van der Waals surface area contributed by atoms with Crippen molar-refractivity contribution in [3.63, 3.8) is 0 Å². The van der Waals surface area contributed by atoms with E-state index in [-0.39, 0.29) is 11.8 Å². The Morgan fingerprint density at radius 1 is 1.24 bits per heavy atom. The number of hydrogen-bond donors (Lipinski definition) is 1. The molecule has 0 unspecified atom stereocenters. The molecule has 1 amide bonds. The van der Waals surface area contributed by atoms with Gasteiger partial charge in [0, 0.05) is 31.5 Å². The van der Waals surface area contributed by atoms with E-state index in [1.165, 1.54) is 11.1 Å². The van der Waals surface area contributed by atoms with Gasteiger partial charge in [0.25, 0.3) is 0 Å². The van der Waals surface area contributed by atoms with Gasteiger partial charge in [-0.05, 0) is 44.7 Å². The molecule has 1 aromatic heterocycles. The lowest BCUT2D eigenvalue weighted by atomic mass is 9.97. The van der Waals surface area contributed by atoms with Crippen LogP contribution in [0.25, 0.3) is 0 Å². The van der Waals surface area contributed by atoms with Crippen molar-refractivity contribution in [1.29, 1.82) is 0 Å². The lowest BCUT2D eigenvalue weighted by molar-refractivity contribution is -0.125. The minimum absolute atomic E-state index is 0.0101. The summed E-state index contributed by atoms with van der Waals surface area (Å²) in [7, 11) is 0. The quantitative estimate of drug-likeness (QED) is 0.911. The monoisotopic (exact) mass is 338 g/mol. The van der Waals surface area contributed by atoms with E-state index in [4.69, 9.17) is 0 Å². The van der Waals surface area contributed by atoms with E-state index in [0.29, 0.717) is 13.1 Å². The van der Waals surface area contributed by atoms with E-state index >= 15 is 0 Å². The Bertz CT molecular complexity index is 714. The van der Waals surface area contributed by atoms with Crippen LogP contribution in [0.15, 0.2) is 36.5 Å². The highest BCUT2D eigenvalue weighted by Crippen LogP contribution is 2.20. The zero-order valence-corrected chi connectivity index (χ0v) is 15.0. The first-order valence-electron chi connectivity index (χ1n) is 8.99. The molecule has 1 N–H and O–H groups in total. The Morgan fingerprint density at radius 3 is 2.80 bits per heavy atom. The fraction of sp³-hybridized carbons (Fsp3) is 0.450. The maximum Gasteiger partial charge on any atom is 0.225 e. The first-order valence-corrected chi connectivity index (χ1v) is 8.99. The summed E-state index contributed by atoms with van der Waals surface area (Å²) in [5, 5.41) is 3.09. The number of carbonyl (C=O) groups is 1. The van der Waals surface area contributed by atoms with Gasteiger partial charge >= 0.3 is 0 Å². The van der Waals surface area contributed by atoms with Crippen LogP contribution < -0.4 is 10.2 Å². The summed E-state index contributed by atoms with van der Waals surface area (Å²) in [6, 6.07) is 10.4. The second-order valence-corrected chi connectivity index (χ2v) is 6.81. The minimum Gasteiger partial charge on any atom is -0.355 e. The van der Waals surface area contributed by atoms with E-state index in [1.54, 1.807) is 6.20 Å². The normalized spacial score (nSPS) is 17.4. The number of aryl methyl sites for hydroxylation is 2. The second-order valence-electron chi connectivity index (χ2n) is 6.81. The molecule has 1 saturated heterocycles. The van der Waals surface area contributed by atoms with Crippen molar-refractivity contribution < 1.29 is 4.79 Å². The second kappa shape index (κ2) is 8.10. The van der Waals surface area contributed by atoms with Crippen molar-refractivity contribution in [2.75, 3.05) is 24.5 Å². The molecule has 132 valence electrons. The molecule has 3 rings (SSSR count). The van der Waals surface area contributed by atoms with Crippen molar-refractivity contribution >= 4 is 11.9 Å². The molecular formula is C20H26N4O. The lowest BCUT2D eigenvalue weighted by Crippen LogP contribution is -2.44. The molecule has 0 saturated carbocycles. The highest BCUT2D eigenvalue weighted by atomic mass is 16.1. The number of carbonyl (C=O) groups excluding carboxylic acids is 1. The summed E-state index contributed by atoms with van der Waals surface area (Å²) in [4.78, 5) is 23.5. The highest BCUT2D eigenvalue weighted by molar-refractivity contribution is 5.79. The van der Waals surface area contributed by atoms with E-state index in [9.17, 15) is 4.79 Å². The van der Waals surface area contributed by atoms with Crippen molar-refractivity contribution in [3.05, 3.63) is 53.3 Å². The molecule has 5 heteroatoms. The summed E-state index contributed by atoms with van der Waals surface area (Å²) < 4.78 is 0. The molecule has 0 bridgehead atoms. The van der Waals surface area contributed by atoms with Gasteiger partial charge in [-0.1, -0.05) is 29.8 Å². The lowest BCUT2D eigenvalue weighted by Gasteiger charge is -2.32. The van der Waals surface area contributed by atoms with Crippen LogP contribution in [-0.2, 0) is 11.2 Å². The number of aromatic nitrogens is 2. The molecule has 1 aromatic carbocycles. The van der Waals surface area contributed by atoms with Crippen molar-refractivity contribution in [3.8, 4) is 0 Å². The smallest absolute Gasteiger partial charge is 0.225 e. The summed E-state index contributed by atoms with van der Waals surface area (Å²) in [5.41, 5.74) is 3.47.